The number of amides is 1. The van der Waals surface area contributed by atoms with Gasteiger partial charge in [0.2, 0.25) is 0 Å². The lowest BCUT2D eigenvalue weighted by Gasteiger charge is -2.20. The number of benzene rings is 1. The summed E-state index contributed by atoms with van der Waals surface area (Å²) in [6.07, 6.45) is 2.30. The highest BCUT2D eigenvalue weighted by Gasteiger charge is 2.31. The molecule has 0 unspecified atom stereocenters. The maximum atomic E-state index is 12.4. The summed E-state index contributed by atoms with van der Waals surface area (Å²) in [7, 11) is 0. The van der Waals surface area contributed by atoms with Crippen LogP contribution in [0.3, 0.4) is 0 Å². The molecule has 104 valence electrons. The van der Waals surface area contributed by atoms with Gasteiger partial charge in [-0.1, -0.05) is 18.2 Å². The van der Waals surface area contributed by atoms with Crippen molar-refractivity contribution in [2.75, 3.05) is 26.2 Å². The van der Waals surface area contributed by atoms with E-state index in [0.717, 1.165) is 56.4 Å². The maximum Gasteiger partial charge on any atom is 0.253 e. The molecule has 4 heteroatoms. The minimum absolute atomic E-state index is 0. The van der Waals surface area contributed by atoms with Crippen LogP contribution in [-0.4, -0.2) is 37.0 Å². The fourth-order valence-corrected chi connectivity index (χ4v) is 3.18. The molecule has 2 fully saturated rings. The average molecular weight is 281 g/mol. The number of hydrogen-bond acceptors (Lipinski definition) is 2. The first-order valence-electron chi connectivity index (χ1n) is 6.89. The van der Waals surface area contributed by atoms with Crippen molar-refractivity contribution in [1.82, 2.24) is 10.2 Å². The summed E-state index contributed by atoms with van der Waals surface area (Å²) >= 11 is 0. The fraction of sp³-hybridized carbons (Fsp3) is 0.533. The van der Waals surface area contributed by atoms with Crippen LogP contribution in [0.15, 0.2) is 30.3 Å². The molecule has 3 nitrogen and oxygen atoms in total. The van der Waals surface area contributed by atoms with Gasteiger partial charge in [-0.25, -0.2) is 0 Å². The first kappa shape index (κ1) is 14.4. The van der Waals surface area contributed by atoms with Crippen LogP contribution in [0.1, 0.15) is 23.2 Å². The van der Waals surface area contributed by atoms with E-state index < -0.39 is 0 Å². The monoisotopic (exact) mass is 280 g/mol. The molecule has 0 aromatic heterocycles. The molecule has 3 rings (SSSR count). The SMILES string of the molecule is Cl.O=C(c1ccccc1)N1CC[C@@H]2CNC[C@@H]2CC1. The number of carbonyl (C=O) groups is 1. The second-order valence-corrected chi connectivity index (χ2v) is 5.41. The summed E-state index contributed by atoms with van der Waals surface area (Å²) in [6.45, 7) is 4.10. The fourth-order valence-electron chi connectivity index (χ4n) is 3.18. The maximum absolute atomic E-state index is 12.4. The second-order valence-electron chi connectivity index (χ2n) is 5.41. The molecule has 2 saturated heterocycles. The Morgan fingerprint density at radius 1 is 1.05 bits per heavy atom. The Balaban J connectivity index is 0.00000133. The first-order chi connectivity index (χ1) is 8.84. The number of hydrogen-bond donors (Lipinski definition) is 1. The quantitative estimate of drug-likeness (QED) is 0.855. The zero-order valence-corrected chi connectivity index (χ0v) is 11.9. The zero-order valence-electron chi connectivity index (χ0n) is 11.0. The lowest BCUT2D eigenvalue weighted by atomic mass is 9.92. The van der Waals surface area contributed by atoms with Gasteiger partial charge in [-0.05, 0) is 49.9 Å². The highest BCUT2D eigenvalue weighted by molar-refractivity contribution is 5.94. The molecule has 1 aromatic rings. The van der Waals surface area contributed by atoms with Gasteiger partial charge < -0.3 is 10.2 Å². The first-order valence-corrected chi connectivity index (χ1v) is 6.89. The number of nitrogens with one attached hydrogen (secondary N) is 1. The van der Waals surface area contributed by atoms with Crippen molar-refractivity contribution in [3.8, 4) is 0 Å². The summed E-state index contributed by atoms with van der Waals surface area (Å²) < 4.78 is 0. The minimum Gasteiger partial charge on any atom is -0.339 e. The van der Waals surface area contributed by atoms with E-state index in [0.29, 0.717) is 0 Å². The van der Waals surface area contributed by atoms with Crippen LogP contribution in [-0.2, 0) is 0 Å². The molecule has 2 atom stereocenters. The third kappa shape index (κ3) is 3.10. The Labute approximate surface area is 120 Å². The number of nitrogens with zero attached hydrogens (tertiary/aromatic N) is 1. The van der Waals surface area contributed by atoms with Crippen molar-refractivity contribution in [1.29, 1.82) is 0 Å². The Bertz CT molecular complexity index is 409. The molecule has 2 aliphatic heterocycles. The van der Waals surface area contributed by atoms with Crippen LogP contribution < -0.4 is 5.32 Å². The number of likely N-dealkylation sites (tertiary alicyclic amines) is 1. The summed E-state index contributed by atoms with van der Waals surface area (Å²) in [6, 6.07) is 9.65. The predicted octanol–water partition coefficient (Wildman–Crippen LogP) is 2.18. The molecule has 2 heterocycles. The van der Waals surface area contributed by atoms with Gasteiger partial charge in [0.15, 0.2) is 0 Å². The minimum atomic E-state index is 0. The van der Waals surface area contributed by atoms with E-state index in [1.165, 1.54) is 0 Å². The molecule has 1 N–H and O–H groups in total. The van der Waals surface area contributed by atoms with E-state index in [-0.39, 0.29) is 18.3 Å². The average Bonchev–Trinajstić information content (AvgIpc) is 2.78. The highest BCUT2D eigenvalue weighted by Crippen LogP contribution is 2.27. The molecule has 1 amide bonds. The third-order valence-corrected chi connectivity index (χ3v) is 4.33. The van der Waals surface area contributed by atoms with Gasteiger partial charge in [0.25, 0.3) is 5.91 Å². The van der Waals surface area contributed by atoms with Crippen molar-refractivity contribution in [2.24, 2.45) is 11.8 Å². The van der Waals surface area contributed by atoms with Crippen LogP contribution in [0.4, 0.5) is 0 Å². The number of fused-ring (bicyclic) bond motifs is 1. The van der Waals surface area contributed by atoms with Crippen molar-refractivity contribution in [3.63, 3.8) is 0 Å². The Morgan fingerprint density at radius 2 is 1.63 bits per heavy atom. The molecule has 0 bridgehead atoms. The van der Waals surface area contributed by atoms with E-state index in [2.05, 4.69) is 5.32 Å². The summed E-state index contributed by atoms with van der Waals surface area (Å²) in [5.74, 6) is 1.75. The van der Waals surface area contributed by atoms with Gasteiger partial charge in [-0.3, -0.25) is 4.79 Å². The number of halogens is 1. The molecule has 0 spiro atoms. The van der Waals surface area contributed by atoms with E-state index >= 15 is 0 Å². The van der Waals surface area contributed by atoms with Crippen molar-refractivity contribution >= 4 is 18.3 Å². The van der Waals surface area contributed by atoms with Gasteiger partial charge in [0.1, 0.15) is 0 Å². The van der Waals surface area contributed by atoms with Crippen molar-refractivity contribution < 1.29 is 4.79 Å². The number of rotatable bonds is 1. The zero-order chi connectivity index (χ0) is 12.4. The molecule has 2 aliphatic rings. The molecule has 0 aliphatic carbocycles. The summed E-state index contributed by atoms with van der Waals surface area (Å²) in [5.41, 5.74) is 0.822. The third-order valence-electron chi connectivity index (χ3n) is 4.33. The molecular weight excluding hydrogens is 260 g/mol. The van der Waals surface area contributed by atoms with E-state index in [9.17, 15) is 4.79 Å². The topological polar surface area (TPSA) is 32.3 Å². The normalized spacial score (nSPS) is 26.2. The van der Waals surface area contributed by atoms with Crippen LogP contribution in [0.5, 0.6) is 0 Å². The van der Waals surface area contributed by atoms with Gasteiger partial charge in [-0.2, -0.15) is 0 Å². The van der Waals surface area contributed by atoms with Gasteiger partial charge in [0, 0.05) is 18.7 Å². The van der Waals surface area contributed by atoms with Gasteiger partial charge >= 0.3 is 0 Å². The van der Waals surface area contributed by atoms with Gasteiger partial charge in [0.05, 0.1) is 0 Å². The van der Waals surface area contributed by atoms with E-state index in [1.54, 1.807) is 0 Å². The lowest BCUT2D eigenvalue weighted by Crippen LogP contribution is -2.32. The van der Waals surface area contributed by atoms with Crippen molar-refractivity contribution in [3.05, 3.63) is 35.9 Å². The molecule has 0 saturated carbocycles. The Morgan fingerprint density at radius 3 is 2.21 bits per heavy atom. The molecule has 1 aromatic carbocycles. The standard InChI is InChI=1S/C15H20N2O.ClH/c18-15(12-4-2-1-3-5-12)17-8-6-13-10-16-11-14(13)7-9-17;/h1-5,13-14,16H,6-11H2;1H/t13-,14+;. The molecule has 0 radical (unpaired) electrons. The van der Waals surface area contributed by atoms with Crippen LogP contribution in [0.2, 0.25) is 0 Å². The Kier molecular flexibility index (Phi) is 4.83. The highest BCUT2D eigenvalue weighted by atomic mass is 35.5. The van der Waals surface area contributed by atoms with Crippen LogP contribution in [0.25, 0.3) is 0 Å². The van der Waals surface area contributed by atoms with Crippen LogP contribution in [0, 0.1) is 11.8 Å². The summed E-state index contributed by atoms with van der Waals surface area (Å²) in [5, 5.41) is 3.46. The second kappa shape index (κ2) is 6.40. The number of carbonyl (C=O) groups excluding carboxylic acids is 1. The molecular formula is C15H21ClN2O. The lowest BCUT2D eigenvalue weighted by molar-refractivity contribution is 0.0758. The summed E-state index contributed by atoms with van der Waals surface area (Å²) in [4.78, 5) is 14.4. The largest absolute Gasteiger partial charge is 0.339 e. The smallest absolute Gasteiger partial charge is 0.253 e. The Hall–Kier alpha value is -1.06. The van der Waals surface area contributed by atoms with Crippen molar-refractivity contribution in [2.45, 2.75) is 12.8 Å². The molecule has 19 heavy (non-hydrogen) atoms. The van der Waals surface area contributed by atoms with E-state index in [4.69, 9.17) is 0 Å². The van der Waals surface area contributed by atoms with Gasteiger partial charge in [-0.15, -0.1) is 12.4 Å². The van der Waals surface area contributed by atoms with Crippen LogP contribution >= 0.6 is 12.4 Å². The predicted molar refractivity (Wildman–Crippen MR) is 78.7 cm³/mol. The van der Waals surface area contributed by atoms with E-state index in [1.807, 2.05) is 35.2 Å².